The average molecular weight is 232 g/mol. The van der Waals surface area contributed by atoms with E-state index in [9.17, 15) is 0 Å². The van der Waals surface area contributed by atoms with Gasteiger partial charge in [-0.3, -0.25) is 0 Å². The van der Waals surface area contributed by atoms with E-state index in [0.717, 1.165) is 23.9 Å². The number of nitrogens with one attached hydrogen (secondary N) is 1. The quantitative estimate of drug-likeness (QED) is 0.864. The smallest absolute Gasteiger partial charge is 0.183 e. The molecule has 82 valence electrons. The average Bonchev–Trinajstić information content (AvgIpc) is 2.82. The summed E-state index contributed by atoms with van der Waals surface area (Å²) in [6, 6.07) is 8.50. The van der Waals surface area contributed by atoms with Gasteiger partial charge in [-0.2, -0.15) is 0 Å². The van der Waals surface area contributed by atoms with Crippen molar-refractivity contribution >= 4 is 16.5 Å². The van der Waals surface area contributed by atoms with Gasteiger partial charge in [0.25, 0.3) is 0 Å². The van der Waals surface area contributed by atoms with Crippen molar-refractivity contribution in [2.75, 3.05) is 11.9 Å². The fourth-order valence-corrected chi connectivity index (χ4v) is 2.52. The van der Waals surface area contributed by atoms with Crippen molar-refractivity contribution in [2.45, 2.75) is 12.5 Å². The lowest BCUT2D eigenvalue weighted by Gasteiger charge is -2.26. The molecule has 0 spiro atoms. The van der Waals surface area contributed by atoms with Crippen molar-refractivity contribution in [1.82, 2.24) is 4.98 Å². The van der Waals surface area contributed by atoms with Crippen LogP contribution < -0.4 is 10.1 Å². The number of fused-ring (bicyclic) bond motifs is 1. The third-order valence-electron chi connectivity index (χ3n) is 2.69. The number of para-hydroxylation sites is 1. The van der Waals surface area contributed by atoms with Gasteiger partial charge in [-0.25, -0.2) is 4.98 Å². The Hall–Kier alpha value is -1.55. The number of hydrogen-bond donors (Lipinski definition) is 1. The highest BCUT2D eigenvalue weighted by Crippen LogP contribution is 2.34. The second-order valence-corrected chi connectivity index (χ2v) is 4.60. The van der Waals surface area contributed by atoms with E-state index < -0.39 is 0 Å². The monoisotopic (exact) mass is 232 g/mol. The maximum atomic E-state index is 5.62. The van der Waals surface area contributed by atoms with Crippen molar-refractivity contribution in [3.63, 3.8) is 0 Å². The lowest BCUT2D eigenvalue weighted by atomic mass is 10.0. The number of anilines is 1. The molecule has 1 aliphatic heterocycles. The number of nitrogens with zero attached hydrogens (tertiary/aromatic N) is 1. The molecule has 0 fully saturated rings. The maximum absolute atomic E-state index is 5.62. The van der Waals surface area contributed by atoms with Crippen LogP contribution in [0.2, 0.25) is 0 Å². The zero-order valence-electron chi connectivity index (χ0n) is 8.72. The van der Waals surface area contributed by atoms with E-state index in [-0.39, 0.29) is 0 Å². The van der Waals surface area contributed by atoms with E-state index in [4.69, 9.17) is 4.74 Å². The van der Waals surface area contributed by atoms with E-state index in [1.807, 2.05) is 29.8 Å². The highest BCUT2D eigenvalue weighted by Gasteiger charge is 2.21. The van der Waals surface area contributed by atoms with Gasteiger partial charge in [0.05, 0.1) is 12.6 Å². The first kappa shape index (κ1) is 9.66. The highest BCUT2D eigenvalue weighted by atomic mass is 32.1. The Morgan fingerprint density at radius 2 is 2.31 bits per heavy atom. The Morgan fingerprint density at radius 3 is 3.19 bits per heavy atom. The summed E-state index contributed by atoms with van der Waals surface area (Å²) < 4.78 is 5.62. The molecule has 3 nitrogen and oxygen atoms in total. The molecule has 0 bridgehead atoms. The Morgan fingerprint density at radius 1 is 1.38 bits per heavy atom. The molecule has 1 aromatic carbocycles. The number of hydrogen-bond acceptors (Lipinski definition) is 4. The minimum Gasteiger partial charge on any atom is -0.493 e. The molecule has 4 heteroatoms. The summed E-state index contributed by atoms with van der Waals surface area (Å²) in [5.74, 6) is 0.989. The Labute approximate surface area is 98.1 Å². The normalized spacial score (nSPS) is 18.6. The summed E-state index contributed by atoms with van der Waals surface area (Å²) in [5, 5.41) is 6.40. The standard InChI is InChI=1S/C12H12N2OS/c1-2-4-11-9(3-1)10(5-7-15-11)14-12-13-6-8-16-12/h1-4,6,8,10H,5,7H2,(H,13,14). The third-order valence-corrected chi connectivity index (χ3v) is 3.39. The van der Waals surface area contributed by atoms with Crippen molar-refractivity contribution < 1.29 is 4.74 Å². The lowest BCUT2D eigenvalue weighted by molar-refractivity contribution is 0.274. The molecule has 0 saturated carbocycles. The molecule has 2 aromatic rings. The molecule has 0 aliphatic carbocycles. The van der Waals surface area contributed by atoms with Crippen LogP contribution in [0.4, 0.5) is 5.13 Å². The summed E-state index contributed by atoms with van der Waals surface area (Å²) in [5.41, 5.74) is 1.23. The second kappa shape index (κ2) is 4.14. The van der Waals surface area contributed by atoms with E-state index in [1.165, 1.54) is 5.56 Å². The van der Waals surface area contributed by atoms with Gasteiger partial charge in [-0.1, -0.05) is 18.2 Å². The van der Waals surface area contributed by atoms with E-state index >= 15 is 0 Å². The molecule has 2 heterocycles. The lowest BCUT2D eigenvalue weighted by Crippen LogP contribution is -2.20. The van der Waals surface area contributed by atoms with Crippen LogP contribution in [0.5, 0.6) is 5.75 Å². The van der Waals surface area contributed by atoms with Gasteiger partial charge in [-0.15, -0.1) is 11.3 Å². The van der Waals surface area contributed by atoms with Crippen LogP contribution in [0.25, 0.3) is 0 Å². The first-order valence-corrected chi connectivity index (χ1v) is 6.19. The fraction of sp³-hybridized carbons (Fsp3) is 0.250. The zero-order valence-corrected chi connectivity index (χ0v) is 9.54. The molecule has 16 heavy (non-hydrogen) atoms. The highest BCUT2D eigenvalue weighted by molar-refractivity contribution is 7.13. The van der Waals surface area contributed by atoms with Crippen molar-refractivity contribution in [1.29, 1.82) is 0 Å². The molecule has 1 aliphatic rings. The Balaban J connectivity index is 1.87. The fourth-order valence-electron chi connectivity index (χ4n) is 1.94. The Bertz CT molecular complexity index is 470. The van der Waals surface area contributed by atoms with E-state index in [1.54, 1.807) is 11.3 Å². The van der Waals surface area contributed by atoms with Crippen LogP contribution in [0.15, 0.2) is 35.8 Å². The number of ether oxygens (including phenoxy) is 1. The summed E-state index contributed by atoms with van der Waals surface area (Å²) in [6.45, 7) is 0.764. The predicted octanol–water partition coefficient (Wildman–Crippen LogP) is 3.08. The van der Waals surface area contributed by atoms with Gasteiger partial charge in [0.2, 0.25) is 0 Å². The summed E-state index contributed by atoms with van der Waals surface area (Å²) >= 11 is 1.63. The predicted molar refractivity (Wildman–Crippen MR) is 65.0 cm³/mol. The van der Waals surface area contributed by atoms with Crippen LogP contribution in [-0.2, 0) is 0 Å². The van der Waals surface area contributed by atoms with Crippen molar-refractivity contribution in [3.05, 3.63) is 41.4 Å². The SMILES string of the molecule is c1ccc2c(c1)OCCC2Nc1nccs1. The topological polar surface area (TPSA) is 34.1 Å². The molecular weight excluding hydrogens is 220 g/mol. The molecule has 3 rings (SSSR count). The van der Waals surface area contributed by atoms with E-state index in [2.05, 4.69) is 16.4 Å². The molecular formula is C12H12N2OS. The zero-order chi connectivity index (χ0) is 10.8. The minimum absolute atomic E-state index is 0.316. The van der Waals surface area contributed by atoms with Crippen LogP contribution in [0.1, 0.15) is 18.0 Å². The summed E-state index contributed by atoms with van der Waals surface area (Å²) in [4.78, 5) is 4.25. The number of benzene rings is 1. The second-order valence-electron chi connectivity index (χ2n) is 3.71. The van der Waals surface area contributed by atoms with Gasteiger partial charge < -0.3 is 10.1 Å². The van der Waals surface area contributed by atoms with Crippen molar-refractivity contribution in [2.24, 2.45) is 0 Å². The molecule has 1 aromatic heterocycles. The van der Waals surface area contributed by atoms with Crippen LogP contribution >= 0.6 is 11.3 Å². The first-order chi connectivity index (χ1) is 7.93. The Kier molecular flexibility index (Phi) is 2.50. The summed E-state index contributed by atoms with van der Waals surface area (Å²) in [7, 11) is 0. The first-order valence-electron chi connectivity index (χ1n) is 5.31. The third kappa shape index (κ3) is 1.76. The van der Waals surface area contributed by atoms with E-state index in [0.29, 0.717) is 6.04 Å². The number of aromatic nitrogens is 1. The van der Waals surface area contributed by atoms with Crippen LogP contribution in [0.3, 0.4) is 0 Å². The molecule has 1 atom stereocenters. The van der Waals surface area contributed by atoms with Crippen LogP contribution in [-0.4, -0.2) is 11.6 Å². The number of thiazole rings is 1. The van der Waals surface area contributed by atoms with Gasteiger partial charge in [0, 0.05) is 23.6 Å². The van der Waals surface area contributed by atoms with Gasteiger partial charge in [0.1, 0.15) is 5.75 Å². The van der Waals surface area contributed by atoms with Gasteiger partial charge in [0.15, 0.2) is 5.13 Å². The number of rotatable bonds is 2. The summed E-state index contributed by atoms with van der Waals surface area (Å²) in [6.07, 6.45) is 2.80. The largest absolute Gasteiger partial charge is 0.493 e. The molecule has 1 unspecified atom stereocenters. The maximum Gasteiger partial charge on any atom is 0.183 e. The van der Waals surface area contributed by atoms with Gasteiger partial charge >= 0.3 is 0 Å². The van der Waals surface area contributed by atoms with Gasteiger partial charge in [-0.05, 0) is 6.07 Å². The molecule has 0 amide bonds. The van der Waals surface area contributed by atoms with Crippen LogP contribution in [0, 0.1) is 0 Å². The molecule has 0 saturated heterocycles. The molecule has 1 N–H and O–H groups in total. The van der Waals surface area contributed by atoms with Crippen molar-refractivity contribution in [3.8, 4) is 5.75 Å². The minimum atomic E-state index is 0.316. The molecule has 0 radical (unpaired) electrons.